The molecule has 0 fully saturated rings. The summed E-state index contributed by atoms with van der Waals surface area (Å²) in [7, 11) is 3.16. The van der Waals surface area contributed by atoms with Crippen LogP contribution < -0.4 is 15.2 Å². The number of benzene rings is 3. The van der Waals surface area contributed by atoms with E-state index in [4.69, 9.17) is 9.47 Å². The van der Waals surface area contributed by atoms with Crippen molar-refractivity contribution >= 4 is 22.3 Å². The lowest BCUT2D eigenvalue weighted by Gasteiger charge is -2.10. The van der Waals surface area contributed by atoms with Crippen LogP contribution in [0.15, 0.2) is 77.6 Å². The number of fused-ring (bicyclic) bond motifs is 3. The van der Waals surface area contributed by atoms with Gasteiger partial charge < -0.3 is 9.47 Å². The van der Waals surface area contributed by atoms with E-state index in [-0.39, 0.29) is 12.3 Å². The van der Waals surface area contributed by atoms with Gasteiger partial charge in [0.15, 0.2) is 17.3 Å². The highest BCUT2D eigenvalue weighted by Gasteiger charge is 2.18. The smallest absolute Gasteiger partial charge is 0.351 e. The van der Waals surface area contributed by atoms with Crippen molar-refractivity contribution in [3.63, 3.8) is 0 Å². The SMILES string of the molecule is COc1ccc(C(=O)Cn2c(=O)n3nc(-c4ccc(OC)cc4)nc3c3ccccc32)cc1. The molecule has 2 heterocycles. The zero-order valence-corrected chi connectivity index (χ0v) is 18.1. The Hall–Kier alpha value is -4.46. The van der Waals surface area contributed by atoms with Gasteiger partial charge in [-0.1, -0.05) is 12.1 Å². The molecular formula is C25H20N4O4. The van der Waals surface area contributed by atoms with Crippen LogP contribution in [-0.2, 0) is 6.54 Å². The number of para-hydroxylation sites is 1. The number of carbonyl (C=O) groups is 1. The van der Waals surface area contributed by atoms with Crippen molar-refractivity contribution in [3.05, 3.63) is 88.8 Å². The second kappa shape index (κ2) is 8.23. The average molecular weight is 440 g/mol. The topological polar surface area (TPSA) is 87.7 Å². The Kier molecular flexibility index (Phi) is 5.10. The summed E-state index contributed by atoms with van der Waals surface area (Å²) >= 11 is 0. The van der Waals surface area contributed by atoms with Gasteiger partial charge in [0, 0.05) is 16.5 Å². The summed E-state index contributed by atoms with van der Waals surface area (Å²) in [5, 5.41) is 5.18. The van der Waals surface area contributed by atoms with Crippen LogP contribution in [0.5, 0.6) is 11.5 Å². The molecule has 5 rings (SSSR count). The molecule has 0 aliphatic heterocycles. The molecule has 0 saturated carbocycles. The van der Waals surface area contributed by atoms with Crippen molar-refractivity contribution in [2.24, 2.45) is 0 Å². The predicted octanol–water partition coefficient (Wildman–Crippen LogP) is 3.61. The Morgan fingerprint density at radius 1 is 0.879 bits per heavy atom. The van der Waals surface area contributed by atoms with E-state index in [0.717, 1.165) is 10.9 Å². The number of ketones is 1. The van der Waals surface area contributed by atoms with Crippen molar-refractivity contribution in [2.45, 2.75) is 6.54 Å². The minimum Gasteiger partial charge on any atom is -0.497 e. The van der Waals surface area contributed by atoms with E-state index in [9.17, 15) is 9.59 Å². The Balaban J connectivity index is 1.62. The molecule has 3 aromatic carbocycles. The van der Waals surface area contributed by atoms with Crippen LogP contribution >= 0.6 is 0 Å². The van der Waals surface area contributed by atoms with Crippen LogP contribution in [0.25, 0.3) is 27.9 Å². The fraction of sp³-hybridized carbons (Fsp3) is 0.120. The van der Waals surface area contributed by atoms with Gasteiger partial charge in [0.2, 0.25) is 0 Å². The molecule has 0 unspecified atom stereocenters. The third-order valence-corrected chi connectivity index (χ3v) is 5.52. The molecule has 0 saturated heterocycles. The molecular weight excluding hydrogens is 420 g/mol. The number of hydrogen-bond donors (Lipinski definition) is 0. The second-order valence-electron chi connectivity index (χ2n) is 7.44. The minimum atomic E-state index is -0.433. The van der Waals surface area contributed by atoms with Crippen LogP contribution in [0.4, 0.5) is 0 Å². The summed E-state index contributed by atoms with van der Waals surface area (Å²) in [5.41, 5.74) is 1.87. The maximum atomic E-state index is 13.4. The summed E-state index contributed by atoms with van der Waals surface area (Å²) < 4.78 is 13.0. The zero-order valence-electron chi connectivity index (χ0n) is 18.1. The number of Topliss-reactive ketones (excluding diaryl/α,β-unsaturated/α-hetero) is 1. The van der Waals surface area contributed by atoms with Crippen LogP contribution in [0, 0.1) is 0 Å². The van der Waals surface area contributed by atoms with E-state index in [1.807, 2.05) is 42.5 Å². The fourth-order valence-corrected chi connectivity index (χ4v) is 3.76. The first-order valence-corrected chi connectivity index (χ1v) is 10.3. The molecule has 8 heteroatoms. The Labute approximate surface area is 188 Å². The van der Waals surface area contributed by atoms with E-state index >= 15 is 0 Å². The molecule has 164 valence electrons. The van der Waals surface area contributed by atoms with Crippen LogP contribution in [0.2, 0.25) is 0 Å². The Morgan fingerprint density at radius 2 is 1.52 bits per heavy atom. The molecule has 0 aliphatic rings. The highest BCUT2D eigenvalue weighted by molar-refractivity contribution is 5.98. The highest BCUT2D eigenvalue weighted by atomic mass is 16.5. The first-order chi connectivity index (χ1) is 16.1. The summed E-state index contributed by atoms with van der Waals surface area (Å²) in [6, 6.07) is 21.5. The van der Waals surface area contributed by atoms with E-state index < -0.39 is 5.69 Å². The highest BCUT2D eigenvalue weighted by Crippen LogP contribution is 2.23. The van der Waals surface area contributed by atoms with E-state index in [0.29, 0.717) is 34.1 Å². The van der Waals surface area contributed by atoms with Gasteiger partial charge in [0.05, 0.1) is 26.3 Å². The first-order valence-electron chi connectivity index (χ1n) is 10.3. The van der Waals surface area contributed by atoms with E-state index in [2.05, 4.69) is 10.1 Å². The molecule has 33 heavy (non-hydrogen) atoms. The van der Waals surface area contributed by atoms with Gasteiger partial charge >= 0.3 is 5.69 Å². The van der Waals surface area contributed by atoms with Crippen molar-refractivity contribution < 1.29 is 14.3 Å². The summed E-state index contributed by atoms with van der Waals surface area (Å²) in [6.07, 6.45) is 0. The molecule has 2 aromatic heterocycles. The number of rotatable bonds is 6. The number of hydrogen-bond acceptors (Lipinski definition) is 6. The number of aromatic nitrogens is 4. The Morgan fingerprint density at radius 3 is 2.18 bits per heavy atom. The lowest BCUT2D eigenvalue weighted by atomic mass is 10.1. The number of ether oxygens (including phenoxy) is 2. The number of nitrogens with zero attached hydrogens (tertiary/aromatic N) is 4. The van der Waals surface area contributed by atoms with Crippen LogP contribution in [0.3, 0.4) is 0 Å². The van der Waals surface area contributed by atoms with Gasteiger partial charge in [-0.3, -0.25) is 9.36 Å². The quantitative estimate of drug-likeness (QED) is 0.375. The monoisotopic (exact) mass is 440 g/mol. The first kappa shape index (κ1) is 20.4. The minimum absolute atomic E-state index is 0.126. The molecule has 0 radical (unpaired) electrons. The summed E-state index contributed by atoms with van der Waals surface area (Å²) in [4.78, 5) is 31.0. The number of carbonyl (C=O) groups excluding carboxylic acids is 1. The van der Waals surface area contributed by atoms with Gasteiger partial charge in [-0.05, 0) is 60.7 Å². The summed E-state index contributed by atoms with van der Waals surface area (Å²) in [5.74, 6) is 1.59. The molecule has 0 amide bonds. The number of methoxy groups -OCH3 is 2. The van der Waals surface area contributed by atoms with Crippen molar-refractivity contribution in [1.29, 1.82) is 0 Å². The maximum absolute atomic E-state index is 13.4. The fourth-order valence-electron chi connectivity index (χ4n) is 3.76. The maximum Gasteiger partial charge on any atom is 0.351 e. The zero-order chi connectivity index (χ0) is 22.9. The third-order valence-electron chi connectivity index (χ3n) is 5.52. The lowest BCUT2D eigenvalue weighted by molar-refractivity contribution is 0.0971. The second-order valence-corrected chi connectivity index (χ2v) is 7.44. The van der Waals surface area contributed by atoms with Gasteiger partial charge in [0.25, 0.3) is 0 Å². The standard InChI is InChI=1S/C25H20N4O4/c1-32-18-11-7-16(8-12-18)22(30)15-28-21-6-4-3-5-20(21)24-26-23(27-29(24)25(28)31)17-9-13-19(33-2)14-10-17/h3-14H,15H2,1-2H3. The molecule has 0 spiro atoms. The van der Waals surface area contributed by atoms with Gasteiger partial charge in [-0.15, -0.1) is 5.10 Å². The van der Waals surface area contributed by atoms with Crippen molar-refractivity contribution in [2.75, 3.05) is 14.2 Å². The molecule has 0 bridgehead atoms. The largest absolute Gasteiger partial charge is 0.497 e. The van der Waals surface area contributed by atoms with Crippen LogP contribution in [0.1, 0.15) is 10.4 Å². The van der Waals surface area contributed by atoms with Crippen LogP contribution in [-0.4, -0.2) is 39.2 Å². The van der Waals surface area contributed by atoms with Gasteiger partial charge in [-0.2, -0.15) is 4.52 Å². The predicted molar refractivity (Wildman–Crippen MR) is 124 cm³/mol. The lowest BCUT2D eigenvalue weighted by Crippen LogP contribution is -2.30. The van der Waals surface area contributed by atoms with E-state index in [1.54, 1.807) is 44.6 Å². The molecule has 5 aromatic rings. The van der Waals surface area contributed by atoms with E-state index in [1.165, 1.54) is 9.08 Å². The van der Waals surface area contributed by atoms with Gasteiger partial charge in [0.1, 0.15) is 11.5 Å². The normalized spacial score (nSPS) is 11.1. The van der Waals surface area contributed by atoms with Crippen molar-refractivity contribution in [1.82, 2.24) is 19.2 Å². The average Bonchev–Trinajstić information content (AvgIpc) is 3.32. The molecule has 0 N–H and O–H groups in total. The summed E-state index contributed by atoms with van der Waals surface area (Å²) in [6.45, 7) is -0.126. The van der Waals surface area contributed by atoms with Crippen molar-refractivity contribution in [3.8, 4) is 22.9 Å². The van der Waals surface area contributed by atoms with Gasteiger partial charge in [-0.25, -0.2) is 9.78 Å². The molecule has 0 aliphatic carbocycles. The third kappa shape index (κ3) is 3.61. The molecule has 0 atom stereocenters. The molecule has 8 nitrogen and oxygen atoms in total. The Bertz CT molecular complexity index is 1530.